The summed E-state index contributed by atoms with van der Waals surface area (Å²) < 4.78 is 0. The van der Waals surface area contributed by atoms with Crippen LogP contribution >= 0.6 is 0 Å². The fourth-order valence-electron chi connectivity index (χ4n) is 3.69. The lowest BCUT2D eigenvalue weighted by molar-refractivity contribution is -0.132. The first-order valence-electron chi connectivity index (χ1n) is 9.47. The van der Waals surface area contributed by atoms with Crippen molar-refractivity contribution in [1.82, 2.24) is 0 Å². The van der Waals surface area contributed by atoms with Crippen molar-refractivity contribution < 1.29 is 14.7 Å². The van der Waals surface area contributed by atoms with Crippen LogP contribution in [0, 0.1) is 13.8 Å². The van der Waals surface area contributed by atoms with E-state index in [9.17, 15) is 14.7 Å². The zero-order chi connectivity index (χ0) is 20.5. The molecule has 0 bridgehead atoms. The number of rotatable bonds is 3. The van der Waals surface area contributed by atoms with Gasteiger partial charge in [0.2, 0.25) is 0 Å². The van der Waals surface area contributed by atoms with Gasteiger partial charge in [-0.1, -0.05) is 72.3 Å². The van der Waals surface area contributed by atoms with Gasteiger partial charge in [0.25, 0.3) is 11.7 Å². The summed E-state index contributed by atoms with van der Waals surface area (Å²) in [6.45, 7) is 3.91. The normalized spacial score (nSPS) is 18.3. The van der Waals surface area contributed by atoms with Crippen LogP contribution in [0.25, 0.3) is 5.76 Å². The van der Waals surface area contributed by atoms with Crippen LogP contribution in [-0.4, -0.2) is 16.8 Å². The van der Waals surface area contributed by atoms with Crippen molar-refractivity contribution in [2.45, 2.75) is 19.9 Å². The summed E-state index contributed by atoms with van der Waals surface area (Å²) >= 11 is 0. The Morgan fingerprint density at radius 3 is 2.17 bits per heavy atom. The number of anilines is 1. The molecule has 4 rings (SSSR count). The minimum Gasteiger partial charge on any atom is -0.507 e. The van der Waals surface area contributed by atoms with Crippen LogP contribution in [0.1, 0.15) is 28.3 Å². The molecule has 1 fully saturated rings. The molecule has 1 unspecified atom stereocenters. The highest BCUT2D eigenvalue weighted by Gasteiger charge is 2.46. The zero-order valence-electron chi connectivity index (χ0n) is 16.3. The molecule has 1 aliphatic heterocycles. The van der Waals surface area contributed by atoms with Gasteiger partial charge in [-0.2, -0.15) is 0 Å². The minimum atomic E-state index is -0.697. The van der Waals surface area contributed by atoms with Gasteiger partial charge < -0.3 is 5.11 Å². The van der Waals surface area contributed by atoms with Crippen molar-refractivity contribution in [3.63, 3.8) is 0 Å². The Balaban J connectivity index is 1.96. The fraction of sp³-hybridized carbons (Fsp3) is 0.120. The number of nitrogens with zero attached hydrogens (tertiary/aromatic N) is 1. The molecule has 4 nitrogen and oxygen atoms in total. The largest absolute Gasteiger partial charge is 0.507 e. The summed E-state index contributed by atoms with van der Waals surface area (Å²) in [6, 6.07) is 23.3. The van der Waals surface area contributed by atoms with Gasteiger partial charge in [-0.15, -0.1) is 0 Å². The van der Waals surface area contributed by atoms with Gasteiger partial charge in [-0.3, -0.25) is 14.5 Å². The van der Waals surface area contributed by atoms with Crippen molar-refractivity contribution in [2.24, 2.45) is 0 Å². The maximum atomic E-state index is 13.0. The maximum absolute atomic E-state index is 13.0. The van der Waals surface area contributed by atoms with Crippen LogP contribution < -0.4 is 4.90 Å². The summed E-state index contributed by atoms with van der Waals surface area (Å²) in [6.07, 6.45) is 0. The molecule has 0 aromatic heterocycles. The highest BCUT2D eigenvalue weighted by Crippen LogP contribution is 2.42. The van der Waals surface area contributed by atoms with Gasteiger partial charge in [-0.05, 0) is 37.1 Å². The molecule has 3 aromatic carbocycles. The standard InChI is InChI=1S/C25H21NO3/c1-16-11-13-18(14-12-16)22-21(23(27)19-8-4-3-5-9-19)24(28)25(29)26(22)20-10-6-7-17(2)15-20/h3-15,22,27H,1-2H3/b23-21+. The number of hydrogen-bond acceptors (Lipinski definition) is 3. The van der Waals surface area contributed by atoms with Crippen LogP contribution in [0.15, 0.2) is 84.4 Å². The molecule has 0 saturated carbocycles. The maximum Gasteiger partial charge on any atom is 0.300 e. The van der Waals surface area contributed by atoms with Crippen LogP contribution in [0.4, 0.5) is 5.69 Å². The van der Waals surface area contributed by atoms with Gasteiger partial charge >= 0.3 is 0 Å². The zero-order valence-corrected chi connectivity index (χ0v) is 16.3. The molecule has 0 radical (unpaired) electrons. The number of Topliss-reactive ketones (excluding diaryl/α,β-unsaturated/α-hetero) is 1. The van der Waals surface area contributed by atoms with E-state index in [1.807, 2.05) is 68.4 Å². The lowest BCUT2D eigenvalue weighted by Gasteiger charge is -2.25. The monoisotopic (exact) mass is 383 g/mol. The Bertz CT molecular complexity index is 1110. The summed E-state index contributed by atoms with van der Waals surface area (Å²) in [5, 5.41) is 11.0. The van der Waals surface area contributed by atoms with E-state index in [0.717, 1.165) is 16.7 Å². The highest BCUT2D eigenvalue weighted by atomic mass is 16.3. The number of aliphatic hydroxyl groups is 1. The molecule has 3 aromatic rings. The predicted octanol–water partition coefficient (Wildman–Crippen LogP) is 4.93. The van der Waals surface area contributed by atoms with E-state index in [-0.39, 0.29) is 11.3 Å². The first-order valence-corrected chi connectivity index (χ1v) is 9.47. The number of hydrogen-bond donors (Lipinski definition) is 1. The number of aryl methyl sites for hydroxylation is 2. The molecule has 1 N–H and O–H groups in total. The SMILES string of the molecule is Cc1ccc(C2/C(=C(\O)c3ccccc3)C(=O)C(=O)N2c2cccc(C)c2)cc1. The van der Waals surface area contributed by atoms with E-state index in [2.05, 4.69) is 0 Å². The molecule has 1 saturated heterocycles. The van der Waals surface area contributed by atoms with Crippen LogP contribution in [0.3, 0.4) is 0 Å². The molecule has 144 valence electrons. The Morgan fingerprint density at radius 2 is 1.52 bits per heavy atom. The van der Waals surface area contributed by atoms with Crippen molar-refractivity contribution in [3.8, 4) is 0 Å². The first-order chi connectivity index (χ1) is 14.0. The van der Waals surface area contributed by atoms with Crippen molar-refractivity contribution in [3.05, 3.63) is 107 Å². The van der Waals surface area contributed by atoms with Crippen molar-refractivity contribution in [2.75, 3.05) is 4.90 Å². The summed E-state index contributed by atoms with van der Waals surface area (Å²) in [4.78, 5) is 27.6. The van der Waals surface area contributed by atoms with E-state index >= 15 is 0 Å². The second-order valence-corrected chi connectivity index (χ2v) is 7.28. The lowest BCUT2D eigenvalue weighted by atomic mass is 9.94. The third-order valence-corrected chi connectivity index (χ3v) is 5.16. The van der Waals surface area contributed by atoms with Gasteiger partial charge in [0.1, 0.15) is 5.76 Å². The molecule has 1 heterocycles. The fourth-order valence-corrected chi connectivity index (χ4v) is 3.69. The van der Waals surface area contributed by atoms with E-state index < -0.39 is 17.7 Å². The number of ketones is 1. The molecule has 0 aliphatic carbocycles. The molecule has 29 heavy (non-hydrogen) atoms. The van der Waals surface area contributed by atoms with Crippen LogP contribution in [0.5, 0.6) is 0 Å². The van der Waals surface area contributed by atoms with Gasteiger partial charge in [-0.25, -0.2) is 0 Å². The summed E-state index contributed by atoms with van der Waals surface area (Å²) in [5.41, 5.74) is 4.07. The third kappa shape index (κ3) is 3.34. The summed E-state index contributed by atoms with van der Waals surface area (Å²) in [5.74, 6) is -1.48. The average molecular weight is 383 g/mol. The van der Waals surface area contributed by atoms with Crippen LogP contribution in [0.2, 0.25) is 0 Å². The first kappa shape index (κ1) is 18.7. The second-order valence-electron chi connectivity index (χ2n) is 7.28. The third-order valence-electron chi connectivity index (χ3n) is 5.16. The number of carbonyl (C=O) groups is 2. The molecule has 0 spiro atoms. The Morgan fingerprint density at radius 1 is 0.828 bits per heavy atom. The Hall–Kier alpha value is -3.66. The van der Waals surface area contributed by atoms with E-state index in [1.54, 1.807) is 24.3 Å². The molecule has 1 amide bonds. The molecule has 1 aliphatic rings. The average Bonchev–Trinajstić information content (AvgIpc) is 2.99. The van der Waals surface area contributed by atoms with E-state index in [0.29, 0.717) is 11.3 Å². The molecule has 4 heteroatoms. The number of benzene rings is 3. The van der Waals surface area contributed by atoms with Gasteiger partial charge in [0, 0.05) is 11.3 Å². The highest BCUT2D eigenvalue weighted by molar-refractivity contribution is 6.51. The van der Waals surface area contributed by atoms with Crippen molar-refractivity contribution in [1.29, 1.82) is 0 Å². The quantitative estimate of drug-likeness (QED) is 0.396. The Labute approximate surface area is 169 Å². The number of aliphatic hydroxyl groups excluding tert-OH is 1. The number of amides is 1. The Kier molecular flexibility index (Phi) is 4.77. The van der Waals surface area contributed by atoms with Crippen LogP contribution in [-0.2, 0) is 9.59 Å². The molecular formula is C25H21NO3. The molecule has 1 atom stereocenters. The predicted molar refractivity (Wildman–Crippen MR) is 114 cm³/mol. The minimum absolute atomic E-state index is 0.103. The summed E-state index contributed by atoms with van der Waals surface area (Å²) in [7, 11) is 0. The molecular weight excluding hydrogens is 362 g/mol. The lowest BCUT2D eigenvalue weighted by Crippen LogP contribution is -2.29. The van der Waals surface area contributed by atoms with E-state index in [1.165, 1.54) is 4.90 Å². The van der Waals surface area contributed by atoms with Crippen molar-refractivity contribution >= 4 is 23.1 Å². The van der Waals surface area contributed by atoms with Gasteiger partial charge in [0.05, 0.1) is 11.6 Å². The van der Waals surface area contributed by atoms with E-state index in [4.69, 9.17) is 0 Å². The van der Waals surface area contributed by atoms with Gasteiger partial charge in [0.15, 0.2) is 0 Å². The second kappa shape index (κ2) is 7.40. The number of carbonyl (C=O) groups excluding carboxylic acids is 2. The topological polar surface area (TPSA) is 57.6 Å². The smallest absolute Gasteiger partial charge is 0.300 e.